The zero-order valence-electron chi connectivity index (χ0n) is 25.9. The number of nitrogens with zero attached hydrogens (tertiary/aromatic N) is 2. The van der Waals surface area contributed by atoms with Crippen LogP contribution in [-0.2, 0) is 17.8 Å². The molecule has 5 rings (SSSR count). The number of nitrogens with one attached hydrogen (secondary N) is 1. The zero-order chi connectivity index (χ0) is 31.8. The highest BCUT2D eigenvalue weighted by molar-refractivity contribution is 8.00. The molecule has 0 bridgehead atoms. The summed E-state index contributed by atoms with van der Waals surface area (Å²) in [7, 11) is 1.60. The number of methoxy groups -OCH3 is 1. The van der Waals surface area contributed by atoms with Gasteiger partial charge in [0.05, 0.1) is 24.1 Å². The Bertz CT molecular complexity index is 1850. The van der Waals surface area contributed by atoms with Crippen LogP contribution >= 0.6 is 11.8 Å². The lowest BCUT2D eigenvalue weighted by Crippen LogP contribution is -2.16. The van der Waals surface area contributed by atoms with Crippen molar-refractivity contribution < 1.29 is 14.3 Å². The van der Waals surface area contributed by atoms with E-state index in [9.17, 15) is 10.1 Å². The number of anilines is 1. The molecule has 1 aromatic heterocycles. The number of thioether (sulfide) groups is 1. The highest BCUT2D eigenvalue weighted by atomic mass is 32.2. The van der Waals surface area contributed by atoms with E-state index in [4.69, 9.17) is 14.5 Å². The first-order valence-corrected chi connectivity index (χ1v) is 15.8. The first-order valence-electron chi connectivity index (χ1n) is 14.8. The Kier molecular flexibility index (Phi) is 10.2. The van der Waals surface area contributed by atoms with Gasteiger partial charge < -0.3 is 14.8 Å². The highest BCUT2D eigenvalue weighted by Gasteiger charge is 2.19. The number of carbonyl (C=O) groups excluding carboxylic acids is 1. The van der Waals surface area contributed by atoms with Crippen LogP contribution in [0.4, 0.5) is 5.69 Å². The minimum Gasteiger partial charge on any atom is -0.493 e. The van der Waals surface area contributed by atoms with Crippen molar-refractivity contribution in [1.82, 2.24) is 4.98 Å². The molecule has 0 atom stereocenters. The molecule has 4 aromatic carbocycles. The summed E-state index contributed by atoms with van der Waals surface area (Å²) in [4.78, 5) is 18.1. The van der Waals surface area contributed by atoms with Crippen LogP contribution in [0.5, 0.6) is 11.5 Å². The van der Waals surface area contributed by atoms with E-state index in [0.29, 0.717) is 40.0 Å². The molecule has 1 heterocycles. The van der Waals surface area contributed by atoms with Crippen LogP contribution in [0.15, 0.2) is 102 Å². The third-order valence-electron chi connectivity index (χ3n) is 7.50. The summed E-state index contributed by atoms with van der Waals surface area (Å²) < 4.78 is 11.8. The van der Waals surface area contributed by atoms with E-state index in [1.165, 1.54) is 11.8 Å². The van der Waals surface area contributed by atoms with Crippen molar-refractivity contribution in [2.75, 3.05) is 18.2 Å². The summed E-state index contributed by atoms with van der Waals surface area (Å²) in [6, 6.07) is 34.0. The SMILES string of the molecule is CCc1cccc(C)c1NC(=O)CSc1nc(-c2ccc(C)cc2)cc(-c2ccc(OCc3ccccc3)c(OC)c2)c1C#N. The van der Waals surface area contributed by atoms with Crippen LogP contribution in [0, 0.1) is 25.2 Å². The summed E-state index contributed by atoms with van der Waals surface area (Å²) in [5.41, 5.74) is 8.63. The fraction of sp³-hybridized carbons (Fsp3) is 0.184. The van der Waals surface area contributed by atoms with Gasteiger partial charge >= 0.3 is 0 Å². The van der Waals surface area contributed by atoms with Crippen LogP contribution in [0.3, 0.4) is 0 Å². The summed E-state index contributed by atoms with van der Waals surface area (Å²) in [6.07, 6.45) is 0.812. The van der Waals surface area contributed by atoms with Gasteiger partial charge in [-0.25, -0.2) is 4.98 Å². The molecule has 226 valence electrons. The molecule has 0 aliphatic rings. The minimum atomic E-state index is -0.154. The summed E-state index contributed by atoms with van der Waals surface area (Å²) >= 11 is 1.26. The van der Waals surface area contributed by atoms with Gasteiger partial charge in [0.2, 0.25) is 5.91 Å². The quantitative estimate of drug-likeness (QED) is 0.150. The Morgan fingerprint density at radius 1 is 0.911 bits per heavy atom. The van der Waals surface area contributed by atoms with Crippen LogP contribution < -0.4 is 14.8 Å². The van der Waals surface area contributed by atoms with Gasteiger partial charge in [0.15, 0.2) is 11.5 Å². The Morgan fingerprint density at radius 3 is 2.38 bits per heavy atom. The van der Waals surface area contributed by atoms with Gasteiger partial charge in [-0.2, -0.15) is 5.26 Å². The number of ether oxygens (including phenoxy) is 2. The molecule has 1 amide bonds. The maximum Gasteiger partial charge on any atom is 0.234 e. The Hall–Kier alpha value is -5.06. The second-order valence-corrected chi connectivity index (χ2v) is 11.6. The van der Waals surface area contributed by atoms with Gasteiger partial charge in [-0.15, -0.1) is 0 Å². The number of carbonyl (C=O) groups is 1. The molecule has 0 aliphatic heterocycles. The van der Waals surface area contributed by atoms with Crippen molar-refractivity contribution in [3.8, 4) is 40.0 Å². The fourth-order valence-corrected chi connectivity index (χ4v) is 5.84. The average Bonchev–Trinajstić information content (AvgIpc) is 3.07. The van der Waals surface area contributed by atoms with E-state index in [1.54, 1.807) is 7.11 Å². The smallest absolute Gasteiger partial charge is 0.234 e. The lowest BCUT2D eigenvalue weighted by Gasteiger charge is -2.16. The molecule has 0 saturated carbocycles. The fourth-order valence-electron chi connectivity index (χ4n) is 5.04. The standard InChI is InChI=1S/C38H35N3O3S/c1-5-28-13-9-10-26(3)37(28)41-36(42)24-45-38-32(22-39)31(21-33(40-38)29-16-14-25(2)15-17-29)30-18-19-34(35(20-30)43-4)44-23-27-11-7-6-8-12-27/h6-21H,5,23-24H2,1-4H3,(H,41,42). The normalized spacial score (nSPS) is 10.6. The van der Waals surface area contributed by atoms with Gasteiger partial charge in [0.1, 0.15) is 17.7 Å². The zero-order valence-corrected chi connectivity index (χ0v) is 26.7. The predicted octanol–water partition coefficient (Wildman–Crippen LogP) is 8.78. The maximum absolute atomic E-state index is 13.2. The molecule has 6 nitrogen and oxygen atoms in total. The number of nitriles is 1. The number of amides is 1. The van der Waals surface area contributed by atoms with Gasteiger partial charge in [0.25, 0.3) is 0 Å². The molecule has 1 N–H and O–H groups in total. The molecule has 0 radical (unpaired) electrons. The molecule has 45 heavy (non-hydrogen) atoms. The monoisotopic (exact) mass is 613 g/mol. The molecule has 7 heteroatoms. The Labute approximate surface area is 269 Å². The van der Waals surface area contributed by atoms with E-state index >= 15 is 0 Å². The van der Waals surface area contributed by atoms with Crippen molar-refractivity contribution in [1.29, 1.82) is 5.26 Å². The number of benzene rings is 4. The van der Waals surface area contributed by atoms with E-state index in [0.717, 1.165) is 45.5 Å². The van der Waals surface area contributed by atoms with Crippen molar-refractivity contribution in [3.05, 3.63) is 125 Å². The number of para-hydroxylation sites is 1. The second kappa shape index (κ2) is 14.6. The minimum absolute atomic E-state index is 0.103. The first-order chi connectivity index (χ1) is 21.9. The number of pyridine rings is 1. The molecule has 0 saturated heterocycles. The van der Waals surface area contributed by atoms with E-state index in [1.807, 2.05) is 111 Å². The molecular weight excluding hydrogens is 579 g/mol. The Morgan fingerprint density at radius 2 is 1.67 bits per heavy atom. The maximum atomic E-state index is 13.2. The van der Waals surface area contributed by atoms with Gasteiger partial charge in [-0.1, -0.05) is 103 Å². The van der Waals surface area contributed by atoms with Crippen LogP contribution in [0.2, 0.25) is 0 Å². The molecule has 5 aromatic rings. The van der Waals surface area contributed by atoms with Crippen molar-refractivity contribution in [2.24, 2.45) is 0 Å². The topological polar surface area (TPSA) is 84.2 Å². The number of hydrogen-bond donors (Lipinski definition) is 1. The van der Waals surface area contributed by atoms with Gasteiger partial charge in [-0.3, -0.25) is 4.79 Å². The Balaban J connectivity index is 1.49. The molecule has 0 fully saturated rings. The lowest BCUT2D eigenvalue weighted by molar-refractivity contribution is -0.113. The predicted molar refractivity (Wildman–Crippen MR) is 182 cm³/mol. The summed E-state index contributed by atoms with van der Waals surface area (Å²) in [5, 5.41) is 14.0. The van der Waals surface area contributed by atoms with E-state index in [2.05, 4.69) is 18.3 Å². The molecular formula is C38H35N3O3S. The second-order valence-electron chi connectivity index (χ2n) is 10.7. The average molecular weight is 614 g/mol. The van der Waals surface area contributed by atoms with Crippen LogP contribution in [0.25, 0.3) is 22.4 Å². The first kappa shape index (κ1) is 31.4. The summed E-state index contributed by atoms with van der Waals surface area (Å²) in [5.74, 6) is 1.11. The van der Waals surface area contributed by atoms with E-state index < -0.39 is 0 Å². The third-order valence-corrected chi connectivity index (χ3v) is 8.48. The van der Waals surface area contributed by atoms with Crippen molar-refractivity contribution >= 4 is 23.4 Å². The number of rotatable bonds is 11. The lowest BCUT2D eigenvalue weighted by atomic mass is 9.98. The number of aryl methyl sites for hydroxylation is 3. The van der Waals surface area contributed by atoms with Crippen LogP contribution in [-0.4, -0.2) is 23.8 Å². The third kappa shape index (κ3) is 7.54. The summed E-state index contributed by atoms with van der Waals surface area (Å²) in [6.45, 7) is 6.49. The largest absolute Gasteiger partial charge is 0.493 e. The molecule has 0 unspecified atom stereocenters. The molecule has 0 aliphatic carbocycles. The van der Waals surface area contributed by atoms with Gasteiger partial charge in [-0.05, 0) is 60.7 Å². The number of aromatic nitrogens is 1. The highest BCUT2D eigenvalue weighted by Crippen LogP contribution is 2.38. The van der Waals surface area contributed by atoms with Gasteiger partial charge in [0, 0.05) is 16.8 Å². The van der Waals surface area contributed by atoms with Crippen LogP contribution in [0.1, 0.15) is 34.7 Å². The van der Waals surface area contributed by atoms with E-state index in [-0.39, 0.29) is 11.7 Å². The van der Waals surface area contributed by atoms with Crippen molar-refractivity contribution in [3.63, 3.8) is 0 Å². The van der Waals surface area contributed by atoms with Crippen molar-refractivity contribution in [2.45, 2.75) is 38.8 Å². The number of hydrogen-bond acceptors (Lipinski definition) is 6. The molecule has 0 spiro atoms.